The Hall–Kier alpha value is -0.690. The predicted molar refractivity (Wildman–Crippen MR) is 55.2 cm³/mol. The Morgan fingerprint density at radius 2 is 2.43 bits per heavy atom. The van der Waals surface area contributed by atoms with Crippen LogP contribution >= 0.6 is 11.5 Å². The number of nitrogens with one attached hydrogen (secondary N) is 1. The van der Waals surface area contributed by atoms with Crippen molar-refractivity contribution in [2.24, 2.45) is 0 Å². The molecule has 0 amide bonds. The van der Waals surface area contributed by atoms with E-state index in [1.54, 1.807) is 13.1 Å². The van der Waals surface area contributed by atoms with E-state index in [2.05, 4.69) is 14.9 Å². The first-order valence-electron chi connectivity index (χ1n) is 4.35. The molecule has 2 heterocycles. The van der Waals surface area contributed by atoms with Crippen molar-refractivity contribution in [1.82, 2.24) is 9.59 Å². The molecule has 0 saturated carbocycles. The first-order chi connectivity index (χ1) is 6.59. The molecule has 1 N–H and O–H groups in total. The summed E-state index contributed by atoms with van der Waals surface area (Å²) in [4.78, 5) is 0. The molecule has 2 atom stereocenters. The van der Waals surface area contributed by atoms with Gasteiger partial charge in [-0.25, -0.2) is 8.42 Å². The van der Waals surface area contributed by atoms with E-state index in [4.69, 9.17) is 0 Å². The zero-order chi connectivity index (χ0) is 10.2. The molecule has 1 fully saturated rings. The van der Waals surface area contributed by atoms with Crippen LogP contribution in [0.25, 0.3) is 0 Å². The third-order valence-corrected chi connectivity index (χ3v) is 5.40. The molecule has 0 spiro atoms. The lowest BCUT2D eigenvalue weighted by molar-refractivity contribution is 0.590. The normalized spacial score (nSPS) is 30.4. The maximum Gasteiger partial charge on any atom is 0.154 e. The van der Waals surface area contributed by atoms with Crippen LogP contribution in [0.2, 0.25) is 0 Å². The fourth-order valence-corrected chi connectivity index (χ4v) is 3.70. The van der Waals surface area contributed by atoms with Gasteiger partial charge in [-0.1, -0.05) is 4.49 Å². The molecule has 0 bridgehead atoms. The van der Waals surface area contributed by atoms with Crippen molar-refractivity contribution < 1.29 is 8.42 Å². The molecule has 1 aromatic rings. The van der Waals surface area contributed by atoms with Gasteiger partial charge in [0.05, 0.1) is 17.2 Å². The molecule has 1 aromatic heterocycles. The van der Waals surface area contributed by atoms with Crippen LogP contribution in [0.15, 0.2) is 6.20 Å². The Balaban J connectivity index is 2.08. The lowest BCUT2D eigenvalue weighted by Crippen LogP contribution is -2.29. The topological polar surface area (TPSA) is 72.0 Å². The van der Waals surface area contributed by atoms with E-state index in [9.17, 15) is 8.42 Å². The summed E-state index contributed by atoms with van der Waals surface area (Å²) < 4.78 is 26.6. The van der Waals surface area contributed by atoms with Crippen molar-refractivity contribution in [1.29, 1.82) is 0 Å². The van der Waals surface area contributed by atoms with Crippen molar-refractivity contribution in [2.45, 2.75) is 24.6 Å². The van der Waals surface area contributed by atoms with Gasteiger partial charge in [0.25, 0.3) is 0 Å². The Morgan fingerprint density at radius 1 is 1.64 bits per heavy atom. The van der Waals surface area contributed by atoms with Crippen LogP contribution in [0.4, 0.5) is 5.00 Å². The third-order valence-electron chi connectivity index (χ3n) is 2.54. The average molecular weight is 233 g/mol. The summed E-state index contributed by atoms with van der Waals surface area (Å²) in [5.41, 5.74) is 0. The number of rotatable bonds is 2. The zero-order valence-electron chi connectivity index (χ0n) is 7.67. The molecular weight excluding hydrogens is 222 g/mol. The molecule has 7 heteroatoms. The van der Waals surface area contributed by atoms with Gasteiger partial charge in [0.15, 0.2) is 9.84 Å². The molecule has 78 valence electrons. The predicted octanol–water partition coefficient (Wildman–Crippen LogP) is 0.526. The standard InChI is InChI=1S/C7H11N3O2S2/c1-5-6(2-3-14(5,11)12)9-7-4-8-10-13-7/h4-6,9H,2-3H2,1H3. The van der Waals surface area contributed by atoms with Crippen LogP contribution in [0.1, 0.15) is 13.3 Å². The van der Waals surface area contributed by atoms with Crippen molar-refractivity contribution in [3.05, 3.63) is 6.20 Å². The number of anilines is 1. The molecular formula is C7H11N3O2S2. The summed E-state index contributed by atoms with van der Waals surface area (Å²) in [5, 5.41) is 7.34. The Kier molecular flexibility index (Phi) is 2.44. The van der Waals surface area contributed by atoms with Crippen LogP contribution in [-0.2, 0) is 9.84 Å². The fourth-order valence-electron chi connectivity index (χ4n) is 1.57. The summed E-state index contributed by atoms with van der Waals surface area (Å²) >= 11 is 1.24. The highest BCUT2D eigenvalue weighted by Gasteiger charge is 2.36. The summed E-state index contributed by atoms with van der Waals surface area (Å²) in [7, 11) is -2.88. The first-order valence-corrected chi connectivity index (χ1v) is 6.84. The Morgan fingerprint density at radius 3 is 2.93 bits per heavy atom. The fraction of sp³-hybridized carbons (Fsp3) is 0.714. The summed E-state index contributed by atoms with van der Waals surface area (Å²) in [6.07, 6.45) is 2.28. The first kappa shape index (κ1) is 9.85. The summed E-state index contributed by atoms with van der Waals surface area (Å²) in [6.45, 7) is 1.74. The van der Waals surface area contributed by atoms with Crippen molar-refractivity contribution >= 4 is 26.4 Å². The van der Waals surface area contributed by atoms with Gasteiger partial charge in [-0.15, -0.1) is 5.10 Å². The second-order valence-electron chi connectivity index (χ2n) is 3.39. The minimum Gasteiger partial charge on any atom is -0.370 e. The summed E-state index contributed by atoms with van der Waals surface area (Å²) in [5.74, 6) is 0.276. The molecule has 1 saturated heterocycles. The Labute approximate surface area is 86.6 Å². The highest BCUT2D eigenvalue weighted by molar-refractivity contribution is 7.92. The molecule has 0 radical (unpaired) electrons. The lowest BCUT2D eigenvalue weighted by Gasteiger charge is -2.14. The largest absolute Gasteiger partial charge is 0.370 e. The number of nitrogens with zero attached hydrogens (tertiary/aromatic N) is 2. The van der Waals surface area contributed by atoms with E-state index in [-0.39, 0.29) is 17.0 Å². The van der Waals surface area contributed by atoms with Crippen LogP contribution in [0, 0.1) is 0 Å². The zero-order valence-corrected chi connectivity index (χ0v) is 9.31. The van der Waals surface area contributed by atoms with Crippen molar-refractivity contribution in [2.75, 3.05) is 11.1 Å². The van der Waals surface area contributed by atoms with Crippen LogP contribution < -0.4 is 5.32 Å². The smallest absolute Gasteiger partial charge is 0.154 e. The molecule has 2 unspecified atom stereocenters. The van der Waals surface area contributed by atoms with Crippen LogP contribution in [-0.4, -0.2) is 35.0 Å². The van der Waals surface area contributed by atoms with Gasteiger partial charge in [0.2, 0.25) is 0 Å². The molecule has 14 heavy (non-hydrogen) atoms. The lowest BCUT2D eigenvalue weighted by atomic mass is 10.2. The third kappa shape index (κ3) is 1.74. The number of hydrogen-bond donors (Lipinski definition) is 1. The average Bonchev–Trinajstić information content (AvgIpc) is 2.70. The van der Waals surface area contributed by atoms with Gasteiger partial charge in [-0.05, 0) is 13.3 Å². The van der Waals surface area contributed by atoms with Crippen molar-refractivity contribution in [3.63, 3.8) is 0 Å². The maximum absolute atomic E-state index is 11.4. The van der Waals surface area contributed by atoms with Crippen molar-refractivity contribution in [3.8, 4) is 0 Å². The van der Waals surface area contributed by atoms with E-state index in [1.165, 1.54) is 11.5 Å². The molecule has 1 aliphatic rings. The second kappa shape index (κ2) is 3.47. The quantitative estimate of drug-likeness (QED) is 0.806. The van der Waals surface area contributed by atoms with E-state index < -0.39 is 9.84 Å². The van der Waals surface area contributed by atoms with E-state index >= 15 is 0 Å². The minimum absolute atomic E-state index is 0.00208. The van der Waals surface area contributed by atoms with E-state index in [0.29, 0.717) is 6.42 Å². The molecule has 2 rings (SSSR count). The maximum atomic E-state index is 11.4. The summed E-state index contributed by atoms with van der Waals surface area (Å²) in [6, 6.07) is 0.00208. The van der Waals surface area contributed by atoms with Gasteiger partial charge >= 0.3 is 0 Å². The van der Waals surface area contributed by atoms with E-state index in [0.717, 1.165) is 5.00 Å². The molecule has 0 aliphatic carbocycles. The molecule has 1 aliphatic heterocycles. The molecule has 5 nitrogen and oxygen atoms in total. The minimum atomic E-state index is -2.88. The number of hydrogen-bond acceptors (Lipinski definition) is 6. The second-order valence-corrected chi connectivity index (χ2v) is 6.66. The highest BCUT2D eigenvalue weighted by atomic mass is 32.2. The van der Waals surface area contributed by atoms with Gasteiger partial charge in [-0.2, -0.15) is 0 Å². The van der Waals surface area contributed by atoms with E-state index in [1.807, 2.05) is 0 Å². The van der Waals surface area contributed by atoms with Gasteiger partial charge in [0, 0.05) is 17.6 Å². The SMILES string of the molecule is CC1C(Nc2cnns2)CCS1(=O)=O. The highest BCUT2D eigenvalue weighted by Crippen LogP contribution is 2.24. The Bertz CT molecular complexity index is 401. The van der Waals surface area contributed by atoms with Crippen LogP contribution in [0.5, 0.6) is 0 Å². The van der Waals surface area contributed by atoms with Gasteiger partial charge in [-0.3, -0.25) is 0 Å². The van der Waals surface area contributed by atoms with Gasteiger partial charge < -0.3 is 5.32 Å². The monoisotopic (exact) mass is 233 g/mol. The van der Waals surface area contributed by atoms with Gasteiger partial charge in [0.1, 0.15) is 5.00 Å². The number of sulfone groups is 1. The number of aromatic nitrogens is 2. The molecule has 0 aromatic carbocycles. The van der Waals surface area contributed by atoms with Crippen LogP contribution in [0.3, 0.4) is 0 Å².